The summed E-state index contributed by atoms with van der Waals surface area (Å²) < 4.78 is 9.00. The molecule has 3 aliphatic heterocycles. The zero-order chi connectivity index (χ0) is 47.8. The summed E-state index contributed by atoms with van der Waals surface area (Å²) in [6.45, 7) is 5.33. The molecule has 2 saturated heterocycles. The van der Waals surface area contributed by atoms with Crippen molar-refractivity contribution in [2.24, 2.45) is 13.0 Å². The second kappa shape index (κ2) is 19.2. The van der Waals surface area contributed by atoms with Crippen molar-refractivity contribution in [2.45, 2.75) is 57.9 Å². The Kier molecular flexibility index (Phi) is 12.6. The van der Waals surface area contributed by atoms with Crippen molar-refractivity contribution >= 4 is 78.7 Å². The average Bonchev–Trinajstić information content (AvgIpc) is 4.06. The third-order valence-electron chi connectivity index (χ3n) is 13.5. The van der Waals surface area contributed by atoms with E-state index in [0.717, 1.165) is 75.7 Å². The number of rotatable bonds is 14. The topological polar surface area (TPSA) is 201 Å². The Labute approximate surface area is 401 Å². The lowest BCUT2D eigenvalue weighted by Crippen LogP contribution is -2.39. The van der Waals surface area contributed by atoms with Gasteiger partial charge in [0.2, 0.25) is 17.7 Å². The van der Waals surface area contributed by atoms with Crippen LogP contribution >= 0.6 is 11.3 Å². The number of thiazole rings is 1. The maximum atomic E-state index is 13.6. The molecule has 6 heterocycles. The standard InChI is InChI=1S/C52H51N9O7S/c1-30-34(35-17-19-44(55-48(35)51(66)67)61-24-22-32-9-5-11-36(39(32)28-61)49(64)57-52-54-40-12-3-4-14-43(40)69-52)10-6-13-42(30)68-25-7-8-31-21-23-60(27-31)29-46(63)53-33-15-16-37-41(26-33)59(2)58-47(37)38-18-20-45(62)56-50(38)65/h3-6,9-17,19,26,31,38H,7-8,18,20-25,27-29H2,1-2H3,(H,53,63)(H,66,67)(H,54,57,64)(H,56,62,65)/t31-,38?/m0/s1. The van der Waals surface area contributed by atoms with Gasteiger partial charge in [0.15, 0.2) is 10.8 Å². The number of aryl methyl sites for hydroxylation is 1. The van der Waals surface area contributed by atoms with Gasteiger partial charge in [-0.25, -0.2) is 14.8 Å². The summed E-state index contributed by atoms with van der Waals surface area (Å²) in [5, 5.41) is 24.8. The largest absolute Gasteiger partial charge is 0.493 e. The number of likely N-dealkylation sites (tertiary alicyclic amines) is 1. The molecule has 69 heavy (non-hydrogen) atoms. The first-order valence-corrected chi connectivity index (χ1v) is 24.1. The Balaban J connectivity index is 0.725. The summed E-state index contributed by atoms with van der Waals surface area (Å²) >= 11 is 1.42. The van der Waals surface area contributed by atoms with E-state index in [1.807, 2.05) is 103 Å². The van der Waals surface area contributed by atoms with Crippen LogP contribution in [0, 0.1) is 12.8 Å². The summed E-state index contributed by atoms with van der Waals surface area (Å²) in [6, 6.07) is 28.3. The Bertz CT molecular complexity index is 3150. The lowest BCUT2D eigenvalue weighted by Gasteiger charge is -2.31. The molecular formula is C52H51N9O7S. The highest BCUT2D eigenvalue weighted by Crippen LogP contribution is 2.36. The van der Waals surface area contributed by atoms with Gasteiger partial charge in [0.05, 0.1) is 40.5 Å². The zero-order valence-electron chi connectivity index (χ0n) is 38.3. The molecule has 16 nitrogen and oxygen atoms in total. The Hall–Kier alpha value is -7.50. The molecule has 352 valence electrons. The van der Waals surface area contributed by atoms with Crippen molar-refractivity contribution in [3.8, 4) is 16.9 Å². The minimum Gasteiger partial charge on any atom is -0.493 e. The molecule has 1 unspecified atom stereocenters. The molecular weight excluding hydrogens is 895 g/mol. The number of carbonyl (C=O) groups is 5. The Morgan fingerprint density at radius 3 is 2.61 bits per heavy atom. The normalized spacial score (nSPS) is 17.2. The van der Waals surface area contributed by atoms with E-state index in [4.69, 9.17) is 9.72 Å². The van der Waals surface area contributed by atoms with Gasteiger partial charge in [-0.1, -0.05) is 47.7 Å². The first-order chi connectivity index (χ1) is 33.4. The fourth-order valence-electron chi connectivity index (χ4n) is 9.97. The van der Waals surface area contributed by atoms with Crippen molar-refractivity contribution < 1.29 is 33.8 Å². The summed E-state index contributed by atoms with van der Waals surface area (Å²) in [4.78, 5) is 77.3. The summed E-state index contributed by atoms with van der Waals surface area (Å²) in [6.07, 6.45) is 4.10. The van der Waals surface area contributed by atoms with Gasteiger partial charge < -0.3 is 20.1 Å². The van der Waals surface area contributed by atoms with Gasteiger partial charge in [0.25, 0.3) is 5.91 Å². The molecule has 2 fully saturated rings. The number of carboxylic acid groups (broad SMARTS) is 1. The predicted octanol–water partition coefficient (Wildman–Crippen LogP) is 7.71. The van der Waals surface area contributed by atoms with E-state index in [-0.39, 0.29) is 42.3 Å². The number of ether oxygens (including phenoxy) is 1. The number of aromatic nitrogens is 4. The molecule has 0 radical (unpaired) electrons. The molecule has 0 aliphatic carbocycles. The number of piperidine rings is 1. The number of imide groups is 1. The Morgan fingerprint density at radius 1 is 0.913 bits per heavy atom. The summed E-state index contributed by atoms with van der Waals surface area (Å²) in [5.74, 6) is -0.963. The first-order valence-electron chi connectivity index (χ1n) is 23.3. The minimum absolute atomic E-state index is 0.0602. The number of nitrogens with one attached hydrogen (secondary N) is 3. The van der Waals surface area contributed by atoms with Crippen LogP contribution in [0.4, 0.5) is 16.6 Å². The quantitative estimate of drug-likeness (QED) is 0.0613. The number of hydrogen-bond acceptors (Lipinski definition) is 12. The van der Waals surface area contributed by atoms with Gasteiger partial charge in [-0.2, -0.15) is 5.10 Å². The SMILES string of the molecule is Cc1c(OCCC[C@H]2CCN(CC(=O)Nc3ccc4c(C5CCC(=O)NC5=O)nn(C)c4c3)C2)cccc1-c1ccc(N2CCc3cccc(C(=O)Nc4nc5ccccc5s4)c3C2)nc1C(=O)O. The van der Waals surface area contributed by atoms with Gasteiger partial charge in [-0.3, -0.25) is 39.4 Å². The van der Waals surface area contributed by atoms with Crippen LogP contribution in [0.3, 0.4) is 0 Å². The highest BCUT2D eigenvalue weighted by molar-refractivity contribution is 7.22. The van der Waals surface area contributed by atoms with Crippen molar-refractivity contribution in [2.75, 3.05) is 48.3 Å². The van der Waals surface area contributed by atoms with E-state index >= 15 is 0 Å². The fourth-order valence-corrected chi connectivity index (χ4v) is 10.8. The van der Waals surface area contributed by atoms with Crippen LogP contribution in [0.2, 0.25) is 0 Å². The molecule has 0 spiro atoms. The number of para-hydroxylation sites is 1. The number of carboxylic acids is 1. The van der Waals surface area contributed by atoms with Gasteiger partial charge >= 0.3 is 5.97 Å². The van der Waals surface area contributed by atoms with E-state index < -0.39 is 11.9 Å². The highest BCUT2D eigenvalue weighted by atomic mass is 32.1. The number of aromatic carboxylic acids is 1. The number of pyridine rings is 1. The average molecular weight is 946 g/mol. The summed E-state index contributed by atoms with van der Waals surface area (Å²) in [7, 11) is 1.80. The third-order valence-corrected chi connectivity index (χ3v) is 14.4. The highest BCUT2D eigenvalue weighted by Gasteiger charge is 2.32. The van der Waals surface area contributed by atoms with E-state index in [9.17, 15) is 29.1 Å². The lowest BCUT2D eigenvalue weighted by molar-refractivity contribution is -0.134. The Morgan fingerprint density at radius 2 is 1.77 bits per heavy atom. The second-order valence-corrected chi connectivity index (χ2v) is 19.1. The number of nitrogens with zero attached hydrogens (tertiary/aromatic N) is 6. The number of anilines is 3. The van der Waals surface area contributed by atoms with Crippen LogP contribution in [0.5, 0.6) is 5.75 Å². The molecule has 4 aromatic carbocycles. The van der Waals surface area contributed by atoms with E-state index in [0.29, 0.717) is 77.7 Å². The first kappa shape index (κ1) is 45.3. The van der Waals surface area contributed by atoms with E-state index in [1.165, 1.54) is 11.3 Å². The fraction of sp³-hybridized carbons (Fsp3) is 0.308. The molecule has 17 heteroatoms. The van der Waals surface area contributed by atoms with Crippen molar-refractivity contribution in [3.05, 3.63) is 125 Å². The molecule has 4 amide bonds. The number of fused-ring (bicyclic) bond motifs is 3. The molecule has 0 bridgehead atoms. The molecule has 3 aliphatic rings. The van der Waals surface area contributed by atoms with Gasteiger partial charge in [-0.15, -0.1) is 0 Å². The number of carbonyl (C=O) groups excluding carboxylic acids is 4. The van der Waals surface area contributed by atoms with E-state index in [1.54, 1.807) is 11.7 Å². The smallest absolute Gasteiger partial charge is 0.355 e. The third kappa shape index (κ3) is 9.52. The molecule has 4 N–H and O–H groups in total. The molecule has 2 atom stereocenters. The van der Waals surface area contributed by atoms with Crippen LogP contribution in [0.1, 0.15) is 81.3 Å². The molecule has 0 saturated carbocycles. The van der Waals surface area contributed by atoms with Crippen LogP contribution in [-0.2, 0) is 34.4 Å². The number of benzene rings is 4. The maximum Gasteiger partial charge on any atom is 0.355 e. The van der Waals surface area contributed by atoms with Crippen molar-refractivity contribution in [1.29, 1.82) is 0 Å². The molecule has 3 aromatic heterocycles. The lowest BCUT2D eigenvalue weighted by atomic mass is 9.93. The molecule has 10 rings (SSSR count). The zero-order valence-corrected chi connectivity index (χ0v) is 39.1. The van der Waals surface area contributed by atoms with Crippen molar-refractivity contribution in [3.63, 3.8) is 0 Å². The monoisotopic (exact) mass is 945 g/mol. The number of amides is 4. The van der Waals surface area contributed by atoms with Crippen LogP contribution in [0.25, 0.3) is 32.2 Å². The number of hydrogen-bond donors (Lipinski definition) is 4. The van der Waals surface area contributed by atoms with E-state index in [2.05, 4.69) is 30.9 Å². The summed E-state index contributed by atoms with van der Waals surface area (Å²) in [5.41, 5.74) is 7.37. The van der Waals surface area contributed by atoms with Crippen LogP contribution in [0.15, 0.2) is 91.0 Å². The van der Waals surface area contributed by atoms with Gasteiger partial charge in [0, 0.05) is 55.3 Å². The minimum atomic E-state index is -1.14. The maximum absolute atomic E-state index is 13.6. The molecule has 7 aromatic rings. The van der Waals surface area contributed by atoms with Gasteiger partial charge in [-0.05, 0) is 128 Å². The van der Waals surface area contributed by atoms with Crippen LogP contribution < -0.4 is 25.6 Å². The predicted molar refractivity (Wildman–Crippen MR) is 264 cm³/mol. The second-order valence-electron chi connectivity index (χ2n) is 18.0. The van der Waals surface area contributed by atoms with Crippen LogP contribution in [-0.4, -0.2) is 92.1 Å². The van der Waals surface area contributed by atoms with Gasteiger partial charge in [0.1, 0.15) is 11.6 Å². The van der Waals surface area contributed by atoms with Crippen molar-refractivity contribution in [1.82, 2.24) is 30.0 Å².